The van der Waals surface area contributed by atoms with Crippen LogP contribution in [0.25, 0.3) is 0 Å². The first-order valence-corrected chi connectivity index (χ1v) is 7.81. The van der Waals surface area contributed by atoms with Crippen LogP contribution in [-0.4, -0.2) is 17.3 Å². The Labute approximate surface area is 136 Å². The van der Waals surface area contributed by atoms with E-state index in [2.05, 4.69) is 6.58 Å². The molecule has 1 aliphatic carbocycles. The number of hydrogen-bond acceptors (Lipinski definition) is 3. The van der Waals surface area contributed by atoms with E-state index in [-0.39, 0.29) is 17.6 Å². The summed E-state index contributed by atoms with van der Waals surface area (Å²) in [5.74, 6) is 0.740. The number of hydrogen-bond donors (Lipinski definition) is 2. The molecule has 0 bridgehead atoms. The molecule has 0 aliphatic heterocycles. The molecule has 0 spiro atoms. The van der Waals surface area contributed by atoms with Crippen LogP contribution in [0.1, 0.15) is 35.6 Å². The van der Waals surface area contributed by atoms with Crippen LogP contribution in [0.3, 0.4) is 0 Å². The van der Waals surface area contributed by atoms with E-state index in [1.165, 1.54) is 0 Å². The summed E-state index contributed by atoms with van der Waals surface area (Å²) < 4.78 is 5.24. The Kier molecular flexibility index (Phi) is 4.14. The van der Waals surface area contributed by atoms with E-state index in [4.69, 9.17) is 4.74 Å². The number of ether oxygens (including phenoxy) is 1. The zero-order valence-electron chi connectivity index (χ0n) is 13.5. The van der Waals surface area contributed by atoms with Gasteiger partial charge in [0.1, 0.15) is 11.5 Å². The molecule has 2 aromatic rings. The maximum Gasteiger partial charge on any atom is 0.122 e. The third-order valence-electron chi connectivity index (χ3n) is 4.80. The van der Waals surface area contributed by atoms with Gasteiger partial charge in [-0.05, 0) is 36.5 Å². The molecule has 3 heteroatoms. The van der Waals surface area contributed by atoms with Crippen molar-refractivity contribution >= 4 is 0 Å². The fraction of sp³-hybridized carbons (Fsp3) is 0.300. The van der Waals surface area contributed by atoms with Gasteiger partial charge in [0, 0.05) is 17.5 Å². The van der Waals surface area contributed by atoms with Crippen LogP contribution < -0.4 is 4.74 Å². The fourth-order valence-corrected chi connectivity index (χ4v) is 3.59. The molecule has 3 atom stereocenters. The standard InChI is InChI=1S/C20H22O3/c1-12(2)15-11-16-17(9-14(23-3)10-18(16)21)20(22)19(15)13-7-5-4-6-8-13/h4-10,15,19-22H,1,11H2,2-3H3/t15-,19+,20+/m1/s1. The van der Waals surface area contributed by atoms with Gasteiger partial charge in [-0.2, -0.15) is 0 Å². The molecule has 3 rings (SSSR count). The predicted molar refractivity (Wildman–Crippen MR) is 90.8 cm³/mol. The molecular weight excluding hydrogens is 288 g/mol. The van der Waals surface area contributed by atoms with E-state index < -0.39 is 6.10 Å². The highest BCUT2D eigenvalue weighted by atomic mass is 16.5. The highest BCUT2D eigenvalue weighted by molar-refractivity contribution is 5.50. The maximum absolute atomic E-state index is 11.0. The zero-order valence-corrected chi connectivity index (χ0v) is 13.5. The molecular formula is C20H22O3. The Morgan fingerprint density at radius 2 is 1.91 bits per heavy atom. The summed E-state index contributed by atoms with van der Waals surface area (Å²) in [7, 11) is 1.56. The summed E-state index contributed by atoms with van der Waals surface area (Å²) in [6.07, 6.45) is -0.0410. The molecule has 0 amide bonds. The molecule has 0 saturated heterocycles. The number of rotatable bonds is 3. The quantitative estimate of drug-likeness (QED) is 0.844. The second kappa shape index (κ2) is 6.09. The van der Waals surface area contributed by atoms with Gasteiger partial charge in [0.25, 0.3) is 0 Å². The lowest BCUT2D eigenvalue weighted by Gasteiger charge is -2.38. The van der Waals surface area contributed by atoms with Crippen molar-refractivity contribution in [3.63, 3.8) is 0 Å². The third-order valence-corrected chi connectivity index (χ3v) is 4.80. The van der Waals surface area contributed by atoms with Crippen LogP contribution in [0.4, 0.5) is 0 Å². The highest BCUT2D eigenvalue weighted by Crippen LogP contribution is 2.49. The van der Waals surface area contributed by atoms with E-state index in [1.807, 2.05) is 43.3 Å². The van der Waals surface area contributed by atoms with Gasteiger partial charge in [-0.1, -0.05) is 42.5 Å². The summed E-state index contributed by atoms with van der Waals surface area (Å²) in [5, 5.41) is 21.4. The number of aromatic hydroxyl groups is 1. The normalized spacial score (nSPS) is 23.2. The van der Waals surface area contributed by atoms with E-state index in [0.717, 1.165) is 22.3 Å². The molecule has 0 fully saturated rings. The summed E-state index contributed by atoms with van der Waals surface area (Å²) in [6, 6.07) is 13.4. The molecule has 0 unspecified atom stereocenters. The Morgan fingerprint density at radius 1 is 1.22 bits per heavy atom. The van der Waals surface area contributed by atoms with Crippen LogP contribution in [0.5, 0.6) is 11.5 Å². The lowest BCUT2D eigenvalue weighted by molar-refractivity contribution is 0.110. The van der Waals surface area contributed by atoms with Crippen LogP contribution in [0.2, 0.25) is 0 Å². The van der Waals surface area contributed by atoms with Gasteiger partial charge >= 0.3 is 0 Å². The van der Waals surface area contributed by atoms with Gasteiger partial charge in [0.2, 0.25) is 0 Å². The summed E-state index contributed by atoms with van der Waals surface area (Å²) >= 11 is 0. The van der Waals surface area contributed by atoms with Crippen molar-refractivity contribution in [3.05, 3.63) is 71.3 Å². The lowest BCUT2D eigenvalue weighted by Crippen LogP contribution is -2.29. The number of aliphatic hydroxyl groups is 1. The van der Waals surface area contributed by atoms with Crippen molar-refractivity contribution in [1.82, 2.24) is 0 Å². The first kappa shape index (κ1) is 15.6. The molecule has 0 aromatic heterocycles. The second-order valence-corrected chi connectivity index (χ2v) is 6.25. The first-order chi connectivity index (χ1) is 11.0. The van der Waals surface area contributed by atoms with Crippen molar-refractivity contribution in [2.24, 2.45) is 5.92 Å². The maximum atomic E-state index is 11.0. The average molecular weight is 310 g/mol. The van der Waals surface area contributed by atoms with Crippen molar-refractivity contribution in [1.29, 1.82) is 0 Å². The summed E-state index contributed by atoms with van der Waals surface area (Å²) in [5.41, 5.74) is 3.63. The van der Waals surface area contributed by atoms with Crippen LogP contribution in [0.15, 0.2) is 54.6 Å². The van der Waals surface area contributed by atoms with E-state index in [1.54, 1.807) is 13.2 Å². The molecule has 3 nitrogen and oxygen atoms in total. The molecule has 2 aromatic carbocycles. The third kappa shape index (κ3) is 2.73. The van der Waals surface area contributed by atoms with Crippen molar-refractivity contribution < 1.29 is 14.9 Å². The zero-order chi connectivity index (χ0) is 16.6. The Bertz CT molecular complexity index is 721. The van der Waals surface area contributed by atoms with Crippen molar-refractivity contribution in [2.75, 3.05) is 7.11 Å². The summed E-state index contributed by atoms with van der Waals surface area (Å²) in [4.78, 5) is 0. The van der Waals surface area contributed by atoms with Gasteiger partial charge in [0.05, 0.1) is 13.2 Å². The molecule has 1 aliphatic rings. The topological polar surface area (TPSA) is 49.7 Å². The van der Waals surface area contributed by atoms with Crippen molar-refractivity contribution in [3.8, 4) is 11.5 Å². The minimum Gasteiger partial charge on any atom is -0.508 e. The monoisotopic (exact) mass is 310 g/mol. The number of phenols is 1. The van der Waals surface area contributed by atoms with E-state index in [0.29, 0.717) is 12.2 Å². The molecule has 0 radical (unpaired) electrons. The van der Waals surface area contributed by atoms with E-state index >= 15 is 0 Å². The Balaban J connectivity index is 2.14. The van der Waals surface area contributed by atoms with Gasteiger partial charge in [-0.25, -0.2) is 0 Å². The van der Waals surface area contributed by atoms with Crippen LogP contribution in [0, 0.1) is 5.92 Å². The first-order valence-electron chi connectivity index (χ1n) is 7.81. The van der Waals surface area contributed by atoms with Gasteiger partial charge < -0.3 is 14.9 Å². The van der Waals surface area contributed by atoms with E-state index in [9.17, 15) is 10.2 Å². The number of phenolic OH excluding ortho intramolecular Hbond substituents is 1. The van der Waals surface area contributed by atoms with Crippen LogP contribution in [-0.2, 0) is 6.42 Å². The second-order valence-electron chi connectivity index (χ2n) is 6.25. The minimum atomic E-state index is -0.705. The number of benzene rings is 2. The highest BCUT2D eigenvalue weighted by Gasteiger charge is 2.38. The Morgan fingerprint density at radius 3 is 2.52 bits per heavy atom. The molecule has 2 N–H and O–H groups in total. The molecule has 23 heavy (non-hydrogen) atoms. The summed E-state index contributed by atoms with van der Waals surface area (Å²) in [6.45, 7) is 6.09. The van der Waals surface area contributed by atoms with Gasteiger partial charge in [-0.3, -0.25) is 0 Å². The SMILES string of the molecule is C=C(C)[C@H]1Cc2c(O)cc(OC)cc2[C@H](O)[C@H]1c1ccccc1. The number of fused-ring (bicyclic) bond motifs is 1. The van der Waals surface area contributed by atoms with Gasteiger partial charge in [-0.15, -0.1) is 0 Å². The largest absolute Gasteiger partial charge is 0.508 e. The Hall–Kier alpha value is -2.26. The fourth-order valence-electron chi connectivity index (χ4n) is 3.59. The smallest absolute Gasteiger partial charge is 0.122 e. The molecule has 120 valence electrons. The minimum absolute atomic E-state index is 0.0762. The molecule has 0 heterocycles. The average Bonchev–Trinajstić information content (AvgIpc) is 2.55. The van der Waals surface area contributed by atoms with Gasteiger partial charge in [0.15, 0.2) is 0 Å². The number of allylic oxidation sites excluding steroid dienone is 1. The van der Waals surface area contributed by atoms with Crippen LogP contribution >= 0.6 is 0 Å². The number of methoxy groups -OCH3 is 1. The van der Waals surface area contributed by atoms with Crippen molar-refractivity contribution in [2.45, 2.75) is 25.4 Å². The number of aliphatic hydroxyl groups excluding tert-OH is 1. The predicted octanol–water partition coefficient (Wildman–Crippen LogP) is 3.97. The lowest BCUT2D eigenvalue weighted by atomic mass is 9.68. The molecule has 0 saturated carbocycles.